The highest BCUT2D eigenvalue weighted by atomic mass is 16.5. The lowest BCUT2D eigenvalue weighted by Gasteiger charge is -2.32. The third-order valence-electron chi connectivity index (χ3n) is 13.6. The van der Waals surface area contributed by atoms with Crippen molar-refractivity contribution < 1.29 is 112 Å². The Kier molecular flexibility index (Phi) is 53.6. The molecule has 0 rings (SSSR count). The van der Waals surface area contributed by atoms with Crippen LogP contribution in [0.15, 0.2) is 0 Å². The van der Waals surface area contributed by atoms with Gasteiger partial charge in [-0.1, -0.05) is 33.1 Å². The van der Waals surface area contributed by atoms with E-state index in [2.05, 4.69) is 37.2 Å². The highest BCUT2D eigenvalue weighted by Crippen LogP contribution is 2.13. The number of carboxylic acid groups (broad SMARTS) is 5. The van der Waals surface area contributed by atoms with Gasteiger partial charge in [0.05, 0.1) is 78.4 Å². The number of amides is 8. The predicted octanol–water partition coefficient (Wildman–Crippen LogP) is -3.15. The van der Waals surface area contributed by atoms with Gasteiger partial charge in [0.25, 0.3) is 0 Å². The molecular formula is C59H106N12O23. The van der Waals surface area contributed by atoms with Crippen LogP contribution in [0.1, 0.15) is 124 Å². The minimum Gasteiger partial charge on any atom is -0.480 e. The summed E-state index contributed by atoms with van der Waals surface area (Å²) in [6, 6.07) is -2.67. The van der Waals surface area contributed by atoms with Crippen LogP contribution in [0.4, 0.5) is 0 Å². The van der Waals surface area contributed by atoms with Gasteiger partial charge in [-0.05, 0) is 71.6 Å². The summed E-state index contributed by atoms with van der Waals surface area (Å²) in [5, 5.41) is 66.0. The third kappa shape index (κ3) is 52.9. The van der Waals surface area contributed by atoms with Crippen molar-refractivity contribution in [2.24, 2.45) is 17.4 Å². The number of hydrogen-bond donors (Lipinski definition) is 14. The number of unbranched alkanes of at least 4 members (excludes halogenated alkanes) is 3. The van der Waals surface area contributed by atoms with Gasteiger partial charge in [-0.15, -0.1) is 0 Å². The van der Waals surface area contributed by atoms with Crippen LogP contribution in [0.3, 0.4) is 0 Å². The molecule has 0 aliphatic carbocycles. The van der Waals surface area contributed by atoms with Crippen LogP contribution in [-0.2, 0) is 86.1 Å². The fourth-order valence-electron chi connectivity index (χ4n) is 8.71. The molecule has 0 aromatic rings. The second kappa shape index (κ2) is 57.0. The Labute approximate surface area is 548 Å². The number of carbonyl (C=O) groups excluding carboxylic acids is 9. The van der Waals surface area contributed by atoms with E-state index in [1.165, 1.54) is 11.8 Å². The lowest BCUT2D eigenvalue weighted by atomic mass is 9.99. The number of hydrogen-bond acceptors (Lipinski definition) is 22. The van der Waals surface area contributed by atoms with E-state index in [9.17, 15) is 92.7 Å². The molecule has 16 N–H and O–H groups in total. The highest BCUT2D eigenvalue weighted by molar-refractivity contribution is 5.88. The van der Waals surface area contributed by atoms with Crippen LogP contribution in [0, 0.1) is 5.92 Å². The first-order chi connectivity index (χ1) is 44.6. The molecule has 0 aromatic heterocycles. The molecule has 0 aromatic carbocycles. The third-order valence-corrected chi connectivity index (χ3v) is 13.6. The average molecular weight is 1350 g/mol. The standard InChI is InChI=1S/C50H88N10O21.C9H18N2O2/c1-3-36(48(51)74)10-5-7-17-54-42(64)34-80-28-27-79-25-19-56-43(65)35-81-29-26-78-24-18-55-39(61)12-9-13-41(63)57-37(49(75)52-4-2)11-6-8-16-53-40(62)15-14-38(50(76)77)60(22-20-58(30-44(66)67)31-45(68)69)23-21-59(32-46(70)71)33-47(72)73;1-3-4-5-8(9(10)13)11-6-7(2)12/h36-38H,3-35H2,1-2H3,(H2,51,74)(H,52,75)(H,53,62)(H,54,64)(H,55,61)(H,56,65)(H,57,63)(H,66,67)(H,68,69)(H,70,71)(H,72,73)(H,76,77);8,11H,3-6H2,1-2H3,(H2,10,13)/t36-,37-,38-;8-/m00/s1. The lowest BCUT2D eigenvalue weighted by molar-refractivity contribution is -0.146. The monoisotopic (exact) mass is 1350 g/mol. The Morgan fingerprint density at radius 3 is 1.34 bits per heavy atom. The first-order valence-electron chi connectivity index (χ1n) is 31.7. The quantitative estimate of drug-likeness (QED) is 0.0267. The SMILES string of the molecule is CCCC[C@H](NCC(C)=O)C(N)=O.CCNC(=O)[C@H](CCCCNC(=O)CC[C@@H](C(=O)O)N(CCN(CC(=O)O)CC(=O)O)CCN(CC(=O)O)CC(=O)O)NC(=O)CCCC(=O)NCCOCCOCC(=O)NCCOCCOCC(=O)NCCCC[C@H](CC)C(N)=O. The zero-order chi connectivity index (χ0) is 71.1. The minimum absolute atomic E-state index is 0.0164. The predicted molar refractivity (Wildman–Crippen MR) is 337 cm³/mol. The normalized spacial score (nSPS) is 12.3. The number of carboxylic acids is 5. The minimum atomic E-state index is -1.40. The molecule has 94 heavy (non-hydrogen) atoms. The van der Waals surface area contributed by atoms with Crippen molar-refractivity contribution in [1.29, 1.82) is 0 Å². The Bertz CT molecular complexity index is 2210. The van der Waals surface area contributed by atoms with Gasteiger partial charge in [0.1, 0.15) is 31.1 Å². The van der Waals surface area contributed by atoms with Gasteiger partial charge in [-0.25, -0.2) is 0 Å². The van der Waals surface area contributed by atoms with E-state index in [-0.39, 0.29) is 191 Å². The highest BCUT2D eigenvalue weighted by Gasteiger charge is 2.29. The second-order valence-corrected chi connectivity index (χ2v) is 21.7. The van der Waals surface area contributed by atoms with Crippen LogP contribution >= 0.6 is 0 Å². The van der Waals surface area contributed by atoms with Gasteiger partial charge in [0.15, 0.2) is 0 Å². The van der Waals surface area contributed by atoms with Crippen molar-refractivity contribution in [3.8, 4) is 0 Å². The summed E-state index contributed by atoms with van der Waals surface area (Å²) in [6.45, 7) is 5.76. The fraction of sp³-hybridized carbons (Fsp3) is 0.763. The number of aliphatic carboxylic acids is 5. The van der Waals surface area contributed by atoms with Gasteiger partial charge in [-0.2, -0.15) is 0 Å². The molecule has 0 aliphatic rings. The number of Topliss-reactive ketones (excluding diaryl/α,β-unsaturated/α-hetero) is 1. The molecule has 4 atom stereocenters. The Morgan fingerprint density at radius 2 is 0.894 bits per heavy atom. The fourth-order valence-corrected chi connectivity index (χ4v) is 8.71. The number of nitrogens with zero attached hydrogens (tertiary/aromatic N) is 3. The number of carbonyl (C=O) groups is 14. The van der Waals surface area contributed by atoms with Gasteiger partial charge >= 0.3 is 29.8 Å². The Morgan fingerprint density at radius 1 is 0.447 bits per heavy atom. The molecule has 0 spiro atoms. The largest absolute Gasteiger partial charge is 0.480 e. The van der Waals surface area contributed by atoms with Gasteiger partial charge in [-0.3, -0.25) is 87.1 Å². The van der Waals surface area contributed by atoms with Gasteiger partial charge in [0, 0.05) is 84.1 Å². The van der Waals surface area contributed by atoms with Crippen LogP contribution in [0.25, 0.3) is 0 Å². The number of nitrogens with one attached hydrogen (secondary N) is 7. The van der Waals surface area contributed by atoms with Crippen LogP contribution in [0.2, 0.25) is 0 Å². The maximum atomic E-state index is 12.9. The van der Waals surface area contributed by atoms with Crippen molar-refractivity contribution in [3.63, 3.8) is 0 Å². The van der Waals surface area contributed by atoms with E-state index in [1.54, 1.807) is 6.92 Å². The first kappa shape index (κ1) is 88.5. The number of nitrogens with two attached hydrogens (primary N) is 2. The number of ether oxygens (including phenoxy) is 4. The number of rotatable bonds is 61. The van der Waals surface area contributed by atoms with Crippen molar-refractivity contribution in [2.75, 3.05) is 144 Å². The summed E-state index contributed by atoms with van der Waals surface area (Å²) >= 11 is 0. The average Bonchev–Trinajstić information content (AvgIpc) is 1.06. The van der Waals surface area contributed by atoms with E-state index < -0.39 is 85.8 Å². The number of primary amides is 2. The summed E-state index contributed by atoms with van der Waals surface area (Å²) in [5.41, 5.74) is 10.5. The molecule has 540 valence electrons. The van der Waals surface area contributed by atoms with Crippen molar-refractivity contribution >= 4 is 82.9 Å². The van der Waals surface area contributed by atoms with Gasteiger partial charge in [0.2, 0.25) is 47.3 Å². The molecule has 0 fully saturated rings. The molecular weight excluding hydrogens is 1240 g/mol. The van der Waals surface area contributed by atoms with Crippen LogP contribution < -0.4 is 48.7 Å². The van der Waals surface area contributed by atoms with Crippen molar-refractivity contribution in [1.82, 2.24) is 51.9 Å². The molecule has 35 nitrogen and oxygen atoms in total. The van der Waals surface area contributed by atoms with Crippen LogP contribution in [-0.4, -0.2) is 286 Å². The molecule has 8 amide bonds. The molecule has 0 saturated carbocycles. The van der Waals surface area contributed by atoms with E-state index in [0.29, 0.717) is 45.2 Å². The Hall–Kier alpha value is -7.54. The maximum Gasteiger partial charge on any atom is 0.320 e. The summed E-state index contributed by atoms with van der Waals surface area (Å²) in [4.78, 5) is 169. The molecule has 0 bridgehead atoms. The smallest absolute Gasteiger partial charge is 0.320 e. The van der Waals surface area contributed by atoms with Gasteiger partial charge < -0.3 is 87.8 Å². The first-order valence-corrected chi connectivity index (χ1v) is 31.7. The Balaban J connectivity index is 0. The molecule has 0 heterocycles. The number of likely N-dealkylation sites (N-methyl/N-ethyl adjacent to an activating group) is 1. The summed E-state index contributed by atoms with van der Waals surface area (Å²) in [6.07, 6.45) is 6.08. The maximum absolute atomic E-state index is 12.9. The van der Waals surface area contributed by atoms with E-state index in [0.717, 1.165) is 35.5 Å². The molecule has 0 aliphatic heterocycles. The summed E-state index contributed by atoms with van der Waals surface area (Å²) in [7, 11) is 0. The molecule has 0 saturated heterocycles. The van der Waals surface area contributed by atoms with E-state index in [4.69, 9.17) is 30.4 Å². The zero-order valence-corrected chi connectivity index (χ0v) is 55.1. The molecule has 35 heteroatoms. The number of ketones is 1. The van der Waals surface area contributed by atoms with Crippen LogP contribution in [0.5, 0.6) is 0 Å². The molecule has 0 unspecified atom stereocenters. The summed E-state index contributed by atoms with van der Waals surface area (Å²) < 4.78 is 21.4. The lowest BCUT2D eigenvalue weighted by Crippen LogP contribution is -2.50. The zero-order valence-electron chi connectivity index (χ0n) is 55.1. The summed E-state index contributed by atoms with van der Waals surface area (Å²) in [5.74, 6) is -9.94. The van der Waals surface area contributed by atoms with E-state index in [1.807, 2.05) is 13.8 Å². The van der Waals surface area contributed by atoms with Crippen molar-refractivity contribution in [3.05, 3.63) is 0 Å². The second-order valence-electron chi connectivity index (χ2n) is 21.7. The van der Waals surface area contributed by atoms with E-state index >= 15 is 0 Å². The topological polar surface area (TPSA) is 523 Å². The molecule has 0 radical (unpaired) electrons. The van der Waals surface area contributed by atoms with Crippen molar-refractivity contribution in [2.45, 2.75) is 142 Å².